The third-order valence-corrected chi connectivity index (χ3v) is 5.28. The molecule has 1 saturated heterocycles. The number of nitriles is 1. The smallest absolute Gasteiger partial charge is 0.160 e. The van der Waals surface area contributed by atoms with Crippen molar-refractivity contribution in [2.24, 2.45) is 5.10 Å². The fraction of sp³-hybridized carbons (Fsp3) is 0.167. The summed E-state index contributed by atoms with van der Waals surface area (Å²) in [5.74, 6) is 1.53. The van der Waals surface area contributed by atoms with Gasteiger partial charge in [-0.05, 0) is 6.07 Å². The summed E-state index contributed by atoms with van der Waals surface area (Å²) in [5.41, 5.74) is 6.94. The summed E-state index contributed by atoms with van der Waals surface area (Å²) < 4.78 is 7.39. The zero-order chi connectivity index (χ0) is 21.8. The quantitative estimate of drug-likeness (QED) is 0.390. The SMILES string of the molecule is N#Cc1ccccc1/C=N/Nc1cc(N2CCOCC2)n2nc(-c3ccccc3)cc2n1. The molecule has 8 heteroatoms. The number of nitrogens with zero attached hydrogens (tertiary/aromatic N) is 6. The van der Waals surface area contributed by atoms with Crippen molar-refractivity contribution in [2.45, 2.75) is 0 Å². The zero-order valence-electron chi connectivity index (χ0n) is 17.3. The molecule has 3 heterocycles. The second kappa shape index (κ2) is 8.88. The molecule has 0 saturated carbocycles. The van der Waals surface area contributed by atoms with Gasteiger partial charge in [-0.15, -0.1) is 0 Å². The van der Waals surface area contributed by atoms with E-state index >= 15 is 0 Å². The van der Waals surface area contributed by atoms with E-state index in [1.165, 1.54) is 0 Å². The van der Waals surface area contributed by atoms with Crippen LogP contribution in [0.15, 0.2) is 71.8 Å². The fourth-order valence-electron chi connectivity index (χ4n) is 3.66. The van der Waals surface area contributed by atoms with Crippen LogP contribution in [0.5, 0.6) is 0 Å². The number of fused-ring (bicyclic) bond motifs is 1. The van der Waals surface area contributed by atoms with Crippen LogP contribution in [-0.4, -0.2) is 47.1 Å². The lowest BCUT2D eigenvalue weighted by Gasteiger charge is -2.29. The highest BCUT2D eigenvalue weighted by molar-refractivity contribution is 5.83. The van der Waals surface area contributed by atoms with Crippen LogP contribution in [0.3, 0.4) is 0 Å². The minimum Gasteiger partial charge on any atom is -0.378 e. The van der Waals surface area contributed by atoms with Gasteiger partial charge in [0.15, 0.2) is 11.5 Å². The Morgan fingerprint density at radius 3 is 2.62 bits per heavy atom. The molecule has 2 aromatic heterocycles. The van der Waals surface area contributed by atoms with Crippen molar-refractivity contribution in [1.82, 2.24) is 14.6 Å². The molecule has 32 heavy (non-hydrogen) atoms. The Bertz CT molecular complexity index is 1300. The van der Waals surface area contributed by atoms with Crippen molar-refractivity contribution >= 4 is 23.5 Å². The molecule has 158 valence electrons. The first-order valence-electron chi connectivity index (χ1n) is 10.4. The van der Waals surface area contributed by atoms with Gasteiger partial charge < -0.3 is 9.64 Å². The number of nitrogens with one attached hydrogen (secondary N) is 1. The van der Waals surface area contributed by atoms with Gasteiger partial charge in [0, 0.05) is 36.3 Å². The second-order valence-electron chi connectivity index (χ2n) is 7.33. The number of ether oxygens (including phenoxy) is 1. The van der Waals surface area contributed by atoms with Crippen molar-refractivity contribution in [3.8, 4) is 17.3 Å². The van der Waals surface area contributed by atoms with Crippen LogP contribution >= 0.6 is 0 Å². The van der Waals surface area contributed by atoms with Gasteiger partial charge in [-0.25, -0.2) is 4.98 Å². The molecule has 0 atom stereocenters. The highest BCUT2D eigenvalue weighted by atomic mass is 16.5. The van der Waals surface area contributed by atoms with Crippen LogP contribution in [0.1, 0.15) is 11.1 Å². The third kappa shape index (κ3) is 4.02. The van der Waals surface area contributed by atoms with Crippen LogP contribution in [-0.2, 0) is 4.74 Å². The predicted molar refractivity (Wildman–Crippen MR) is 124 cm³/mol. The van der Waals surface area contributed by atoms with E-state index in [1.54, 1.807) is 12.3 Å². The van der Waals surface area contributed by atoms with E-state index in [1.807, 2.05) is 65.2 Å². The molecule has 1 aliphatic rings. The average Bonchev–Trinajstić information content (AvgIpc) is 3.29. The van der Waals surface area contributed by atoms with Crippen LogP contribution in [0, 0.1) is 11.3 Å². The fourth-order valence-corrected chi connectivity index (χ4v) is 3.66. The number of anilines is 2. The number of morpholine rings is 1. The first-order valence-corrected chi connectivity index (χ1v) is 10.4. The van der Waals surface area contributed by atoms with E-state index in [0.29, 0.717) is 24.6 Å². The average molecular weight is 423 g/mol. The van der Waals surface area contributed by atoms with Crippen LogP contribution in [0.25, 0.3) is 16.9 Å². The molecule has 0 aliphatic carbocycles. The Morgan fingerprint density at radius 2 is 1.81 bits per heavy atom. The molecule has 0 unspecified atom stereocenters. The van der Waals surface area contributed by atoms with Gasteiger partial charge in [0.2, 0.25) is 0 Å². The summed E-state index contributed by atoms with van der Waals surface area (Å²) in [4.78, 5) is 6.94. The Labute approximate surface area is 185 Å². The van der Waals surface area contributed by atoms with Crippen molar-refractivity contribution in [2.75, 3.05) is 36.6 Å². The third-order valence-electron chi connectivity index (χ3n) is 5.28. The lowest BCUT2D eigenvalue weighted by molar-refractivity contribution is 0.122. The molecule has 0 spiro atoms. The highest BCUT2D eigenvalue weighted by Crippen LogP contribution is 2.25. The lowest BCUT2D eigenvalue weighted by Crippen LogP contribution is -2.37. The summed E-state index contributed by atoms with van der Waals surface area (Å²) in [7, 11) is 0. The Morgan fingerprint density at radius 1 is 1.03 bits per heavy atom. The van der Waals surface area contributed by atoms with Gasteiger partial charge in [-0.2, -0.15) is 20.0 Å². The zero-order valence-corrected chi connectivity index (χ0v) is 17.3. The summed E-state index contributed by atoms with van der Waals surface area (Å²) >= 11 is 0. The minimum atomic E-state index is 0.568. The maximum absolute atomic E-state index is 9.26. The first kappa shape index (κ1) is 19.7. The molecule has 0 bridgehead atoms. The monoisotopic (exact) mass is 423 g/mol. The highest BCUT2D eigenvalue weighted by Gasteiger charge is 2.18. The normalized spacial score (nSPS) is 14.0. The van der Waals surface area contributed by atoms with Gasteiger partial charge in [-0.1, -0.05) is 48.5 Å². The predicted octanol–water partition coefficient (Wildman–Crippen LogP) is 3.55. The summed E-state index contributed by atoms with van der Waals surface area (Å²) in [6.07, 6.45) is 1.63. The minimum absolute atomic E-state index is 0.568. The molecular formula is C24H21N7O. The first-order chi connectivity index (χ1) is 15.8. The topological polar surface area (TPSA) is 90.8 Å². The lowest BCUT2D eigenvalue weighted by atomic mass is 10.1. The van der Waals surface area contributed by atoms with E-state index in [0.717, 1.165) is 41.4 Å². The standard InChI is InChI=1S/C24H21N7O/c25-16-19-8-4-5-9-20(19)17-26-28-22-15-24(30-10-12-32-13-11-30)31-23(27-22)14-21(29-31)18-6-2-1-3-7-18/h1-9,14-15,17H,10-13H2,(H,27,28)/b26-17+. The van der Waals surface area contributed by atoms with Gasteiger partial charge in [-0.3, -0.25) is 5.43 Å². The van der Waals surface area contributed by atoms with E-state index in [4.69, 9.17) is 14.8 Å². The molecular weight excluding hydrogens is 402 g/mol. The molecule has 8 nitrogen and oxygen atoms in total. The molecule has 1 fully saturated rings. The number of hydrogen-bond acceptors (Lipinski definition) is 7. The maximum atomic E-state index is 9.26. The largest absolute Gasteiger partial charge is 0.378 e. The van der Waals surface area contributed by atoms with Gasteiger partial charge in [0.25, 0.3) is 0 Å². The van der Waals surface area contributed by atoms with Gasteiger partial charge >= 0.3 is 0 Å². The number of rotatable bonds is 5. The summed E-state index contributed by atoms with van der Waals surface area (Å²) in [5, 5.41) is 18.4. The maximum Gasteiger partial charge on any atom is 0.160 e. The Hall–Kier alpha value is -4.22. The summed E-state index contributed by atoms with van der Waals surface area (Å²) in [6, 6.07) is 23.5. The summed E-state index contributed by atoms with van der Waals surface area (Å²) in [6.45, 7) is 2.89. The molecule has 1 N–H and O–H groups in total. The molecule has 5 rings (SSSR count). The van der Waals surface area contributed by atoms with E-state index in [-0.39, 0.29) is 0 Å². The van der Waals surface area contributed by atoms with Gasteiger partial charge in [0.05, 0.1) is 36.8 Å². The van der Waals surface area contributed by atoms with E-state index in [9.17, 15) is 5.26 Å². The molecule has 0 amide bonds. The molecule has 0 radical (unpaired) electrons. The Balaban J connectivity index is 1.51. The number of aromatic nitrogens is 3. The number of benzene rings is 2. The molecule has 1 aliphatic heterocycles. The van der Waals surface area contributed by atoms with Crippen LogP contribution in [0.2, 0.25) is 0 Å². The van der Waals surface area contributed by atoms with E-state index in [2.05, 4.69) is 21.5 Å². The van der Waals surface area contributed by atoms with Crippen molar-refractivity contribution in [3.05, 3.63) is 77.9 Å². The van der Waals surface area contributed by atoms with Crippen molar-refractivity contribution in [3.63, 3.8) is 0 Å². The van der Waals surface area contributed by atoms with Crippen molar-refractivity contribution < 1.29 is 4.74 Å². The van der Waals surface area contributed by atoms with E-state index < -0.39 is 0 Å². The molecule has 2 aromatic carbocycles. The van der Waals surface area contributed by atoms with Crippen molar-refractivity contribution in [1.29, 1.82) is 5.26 Å². The van der Waals surface area contributed by atoms with Crippen LogP contribution < -0.4 is 10.3 Å². The molecule has 4 aromatic rings. The van der Waals surface area contributed by atoms with Crippen LogP contribution in [0.4, 0.5) is 11.6 Å². The Kier molecular flexibility index (Phi) is 5.47. The number of hydrogen-bond donors (Lipinski definition) is 1. The second-order valence-corrected chi connectivity index (χ2v) is 7.33. The van der Waals surface area contributed by atoms with Gasteiger partial charge in [0.1, 0.15) is 5.82 Å². The number of hydrazone groups is 1.